The number of halogens is 1. The van der Waals surface area contributed by atoms with Crippen LogP contribution in [-0.2, 0) is 17.6 Å². The molecule has 6 heteroatoms. The first kappa shape index (κ1) is 13.0. The Balaban J connectivity index is 1.85. The molecule has 1 aliphatic heterocycles. The van der Waals surface area contributed by atoms with Gasteiger partial charge in [0.05, 0.1) is 6.61 Å². The second kappa shape index (κ2) is 5.56. The van der Waals surface area contributed by atoms with Gasteiger partial charge in [-0.15, -0.1) is 0 Å². The molecule has 0 atom stereocenters. The van der Waals surface area contributed by atoms with Crippen molar-refractivity contribution in [3.05, 3.63) is 34.1 Å². The summed E-state index contributed by atoms with van der Waals surface area (Å²) in [5.41, 5.74) is 2.61. The number of fused-ring (bicyclic) bond motifs is 1. The van der Waals surface area contributed by atoms with E-state index in [0.717, 1.165) is 34.8 Å². The Morgan fingerprint density at radius 3 is 3.21 bits per heavy atom. The van der Waals surface area contributed by atoms with Crippen molar-refractivity contribution in [2.75, 3.05) is 25.2 Å². The van der Waals surface area contributed by atoms with Crippen molar-refractivity contribution in [1.82, 2.24) is 9.36 Å². The molecule has 100 valence electrons. The Morgan fingerprint density at radius 2 is 2.37 bits per heavy atom. The second-order valence-corrected chi connectivity index (χ2v) is 6.06. The number of methoxy groups -OCH3 is 1. The molecule has 0 saturated heterocycles. The molecule has 19 heavy (non-hydrogen) atoms. The molecule has 0 unspecified atom stereocenters. The fraction of sp³-hybridized carbons (Fsp3) is 0.385. The van der Waals surface area contributed by atoms with Crippen molar-refractivity contribution in [2.45, 2.75) is 12.8 Å². The van der Waals surface area contributed by atoms with Crippen molar-refractivity contribution in [2.24, 2.45) is 0 Å². The lowest BCUT2D eigenvalue weighted by molar-refractivity contribution is 0.201. The molecule has 1 aromatic heterocycles. The van der Waals surface area contributed by atoms with Crippen LogP contribution in [0.1, 0.15) is 11.4 Å². The van der Waals surface area contributed by atoms with Crippen LogP contribution in [0, 0.1) is 0 Å². The van der Waals surface area contributed by atoms with E-state index >= 15 is 0 Å². The molecule has 2 aromatic rings. The highest BCUT2D eigenvalue weighted by Crippen LogP contribution is 2.36. The molecule has 4 nitrogen and oxygen atoms in total. The molecule has 0 N–H and O–H groups in total. The Morgan fingerprint density at radius 1 is 1.47 bits per heavy atom. The summed E-state index contributed by atoms with van der Waals surface area (Å²) in [6, 6.07) is 6.41. The van der Waals surface area contributed by atoms with Gasteiger partial charge < -0.3 is 9.64 Å². The zero-order chi connectivity index (χ0) is 13.2. The third kappa shape index (κ3) is 2.66. The van der Waals surface area contributed by atoms with Crippen LogP contribution in [0.4, 0.5) is 10.8 Å². The van der Waals surface area contributed by atoms with Crippen LogP contribution in [0.15, 0.2) is 22.7 Å². The molecule has 1 aliphatic rings. The number of nitrogens with zero attached hydrogens (tertiary/aromatic N) is 3. The van der Waals surface area contributed by atoms with Crippen LogP contribution in [0.25, 0.3) is 0 Å². The highest BCUT2D eigenvalue weighted by atomic mass is 79.9. The van der Waals surface area contributed by atoms with Crippen LogP contribution in [0.2, 0.25) is 0 Å². The van der Waals surface area contributed by atoms with Crippen molar-refractivity contribution in [3.8, 4) is 0 Å². The molecule has 0 saturated carbocycles. The smallest absolute Gasteiger partial charge is 0.209 e. The minimum atomic E-state index is 0.665. The normalized spacial score (nSPS) is 13.9. The molecule has 0 bridgehead atoms. The quantitative estimate of drug-likeness (QED) is 0.857. The standard InChI is InChI=1S/C13H14BrN3OS/c1-18-7-5-12-15-13(19-16-12)17-6-4-9-2-3-10(14)8-11(9)17/h2-3,8H,4-7H2,1H3. The monoisotopic (exact) mass is 339 g/mol. The number of hydrogen-bond acceptors (Lipinski definition) is 5. The van der Waals surface area contributed by atoms with Gasteiger partial charge in [0, 0.05) is 41.8 Å². The summed E-state index contributed by atoms with van der Waals surface area (Å²) in [6.45, 7) is 1.64. The number of rotatable bonds is 4. The molecule has 2 heterocycles. The zero-order valence-corrected chi connectivity index (χ0v) is 13.0. The maximum atomic E-state index is 5.06. The van der Waals surface area contributed by atoms with Gasteiger partial charge >= 0.3 is 0 Å². The topological polar surface area (TPSA) is 38.2 Å². The molecular formula is C13H14BrN3OS. The number of hydrogen-bond donors (Lipinski definition) is 0. The number of aromatic nitrogens is 2. The van der Waals surface area contributed by atoms with Gasteiger partial charge in [0.15, 0.2) is 0 Å². The maximum absolute atomic E-state index is 5.06. The van der Waals surface area contributed by atoms with E-state index in [4.69, 9.17) is 4.74 Å². The molecule has 3 rings (SSSR count). The third-order valence-electron chi connectivity index (χ3n) is 3.16. The summed E-state index contributed by atoms with van der Waals surface area (Å²) >= 11 is 4.99. The van der Waals surface area contributed by atoms with E-state index in [1.165, 1.54) is 22.8 Å². The van der Waals surface area contributed by atoms with Crippen LogP contribution in [0.3, 0.4) is 0 Å². The first-order chi connectivity index (χ1) is 9.28. The van der Waals surface area contributed by atoms with Crippen LogP contribution < -0.4 is 4.90 Å². The van der Waals surface area contributed by atoms with Crippen molar-refractivity contribution >= 4 is 38.3 Å². The van der Waals surface area contributed by atoms with Crippen LogP contribution in [0.5, 0.6) is 0 Å². The van der Waals surface area contributed by atoms with Gasteiger partial charge in [-0.2, -0.15) is 4.37 Å². The van der Waals surface area contributed by atoms with E-state index in [2.05, 4.69) is 48.4 Å². The van der Waals surface area contributed by atoms with Gasteiger partial charge in [0.25, 0.3) is 0 Å². The van der Waals surface area contributed by atoms with Crippen LogP contribution in [-0.4, -0.2) is 29.6 Å². The number of benzene rings is 1. The largest absolute Gasteiger partial charge is 0.384 e. The van der Waals surface area contributed by atoms with Crippen molar-refractivity contribution in [3.63, 3.8) is 0 Å². The Kier molecular flexibility index (Phi) is 3.81. The lowest BCUT2D eigenvalue weighted by Crippen LogP contribution is -2.13. The minimum Gasteiger partial charge on any atom is -0.384 e. The van der Waals surface area contributed by atoms with E-state index in [1.54, 1.807) is 7.11 Å². The maximum Gasteiger partial charge on any atom is 0.209 e. The Bertz CT molecular complexity index is 587. The minimum absolute atomic E-state index is 0.665. The number of ether oxygens (including phenoxy) is 1. The number of anilines is 2. The zero-order valence-electron chi connectivity index (χ0n) is 10.6. The van der Waals surface area contributed by atoms with E-state index in [0.29, 0.717) is 6.61 Å². The lowest BCUT2D eigenvalue weighted by atomic mass is 10.2. The molecule has 0 radical (unpaired) electrons. The average molecular weight is 340 g/mol. The summed E-state index contributed by atoms with van der Waals surface area (Å²) in [7, 11) is 1.70. The third-order valence-corrected chi connectivity index (χ3v) is 4.43. The van der Waals surface area contributed by atoms with Gasteiger partial charge in [-0.05, 0) is 24.1 Å². The first-order valence-electron chi connectivity index (χ1n) is 6.15. The van der Waals surface area contributed by atoms with Gasteiger partial charge in [0.2, 0.25) is 5.13 Å². The summed E-state index contributed by atoms with van der Waals surface area (Å²) in [4.78, 5) is 6.84. The second-order valence-electron chi connectivity index (χ2n) is 4.41. The van der Waals surface area contributed by atoms with Gasteiger partial charge in [-0.3, -0.25) is 0 Å². The highest BCUT2D eigenvalue weighted by molar-refractivity contribution is 9.10. The van der Waals surface area contributed by atoms with Gasteiger partial charge in [-0.1, -0.05) is 22.0 Å². The van der Waals surface area contributed by atoms with E-state index in [9.17, 15) is 0 Å². The average Bonchev–Trinajstić information content (AvgIpc) is 3.01. The van der Waals surface area contributed by atoms with Gasteiger partial charge in [-0.25, -0.2) is 4.98 Å². The summed E-state index contributed by atoms with van der Waals surface area (Å²) < 4.78 is 10.5. The predicted molar refractivity (Wildman–Crippen MR) is 80.3 cm³/mol. The van der Waals surface area contributed by atoms with E-state index in [-0.39, 0.29) is 0 Å². The summed E-state index contributed by atoms with van der Waals surface area (Å²) in [5.74, 6) is 0.866. The fourth-order valence-electron chi connectivity index (χ4n) is 2.20. The first-order valence-corrected chi connectivity index (χ1v) is 7.72. The highest BCUT2D eigenvalue weighted by Gasteiger charge is 2.23. The lowest BCUT2D eigenvalue weighted by Gasteiger charge is -2.15. The molecule has 0 fully saturated rings. The summed E-state index contributed by atoms with van der Waals surface area (Å²) in [6.07, 6.45) is 1.84. The summed E-state index contributed by atoms with van der Waals surface area (Å²) in [5, 5.41) is 0.975. The van der Waals surface area contributed by atoms with Gasteiger partial charge in [0.1, 0.15) is 5.82 Å². The fourth-order valence-corrected chi connectivity index (χ4v) is 3.30. The SMILES string of the molecule is COCCc1nsc(N2CCc3ccc(Br)cc32)n1. The molecular weight excluding hydrogens is 326 g/mol. The van der Waals surface area contributed by atoms with Crippen molar-refractivity contribution in [1.29, 1.82) is 0 Å². The Labute approximate surface area is 124 Å². The molecule has 0 amide bonds. The van der Waals surface area contributed by atoms with E-state index < -0.39 is 0 Å². The van der Waals surface area contributed by atoms with Crippen molar-refractivity contribution < 1.29 is 4.74 Å². The molecule has 1 aromatic carbocycles. The molecule has 0 aliphatic carbocycles. The molecule has 0 spiro atoms. The van der Waals surface area contributed by atoms with Crippen LogP contribution >= 0.6 is 27.5 Å². The Hall–Kier alpha value is -0.980. The predicted octanol–water partition coefficient (Wildman–Crippen LogP) is 3.18. The van der Waals surface area contributed by atoms with E-state index in [1.807, 2.05) is 0 Å².